The number of hydrogen-bond donors (Lipinski definition) is 1. The number of nitrogens with zero attached hydrogens (tertiary/aromatic N) is 1. The highest BCUT2D eigenvalue weighted by atomic mass is 16.7. The van der Waals surface area contributed by atoms with Gasteiger partial charge in [0.25, 0.3) is 0 Å². The van der Waals surface area contributed by atoms with E-state index in [4.69, 9.17) is 14.2 Å². The number of fused-ring (bicyclic) bond motifs is 2. The molecule has 0 bridgehead atoms. The molecule has 5 rings (SSSR count). The highest BCUT2D eigenvalue weighted by Gasteiger charge is 2.38. The number of benzene rings is 2. The van der Waals surface area contributed by atoms with E-state index in [2.05, 4.69) is 5.32 Å². The van der Waals surface area contributed by atoms with E-state index in [-0.39, 0.29) is 18.6 Å². The van der Waals surface area contributed by atoms with E-state index in [1.165, 1.54) is 0 Å². The van der Waals surface area contributed by atoms with Gasteiger partial charge in [0.2, 0.25) is 18.6 Å². The van der Waals surface area contributed by atoms with E-state index < -0.39 is 5.54 Å². The summed E-state index contributed by atoms with van der Waals surface area (Å²) in [6, 6.07) is 13.7. The highest BCUT2D eigenvalue weighted by Crippen LogP contribution is 2.36. The molecule has 0 radical (unpaired) electrons. The Balaban J connectivity index is 1.27. The summed E-state index contributed by atoms with van der Waals surface area (Å²) in [5, 5.41) is 3.16. The molecular weight excluding hydrogens is 396 g/mol. The first kappa shape index (κ1) is 19.7. The second kappa shape index (κ2) is 8.13. The minimum atomic E-state index is -0.416. The van der Waals surface area contributed by atoms with Crippen LogP contribution in [-0.4, -0.2) is 42.2 Å². The summed E-state index contributed by atoms with van der Waals surface area (Å²) in [4.78, 5) is 27.0. The predicted octanol–water partition coefficient (Wildman–Crippen LogP) is 2.81. The van der Waals surface area contributed by atoms with Gasteiger partial charge in [-0.15, -0.1) is 0 Å². The third-order valence-corrected chi connectivity index (χ3v) is 6.34. The van der Waals surface area contributed by atoms with Crippen molar-refractivity contribution in [1.29, 1.82) is 0 Å². The molecular formula is C24H26N2O5. The zero-order valence-electron chi connectivity index (χ0n) is 17.4. The molecule has 0 saturated carbocycles. The molecule has 3 aliphatic heterocycles. The van der Waals surface area contributed by atoms with Crippen LogP contribution in [0.1, 0.15) is 36.8 Å². The normalized spacial score (nSPS) is 21.8. The largest absolute Gasteiger partial charge is 0.491 e. The lowest BCUT2D eigenvalue weighted by atomic mass is 9.84. The first-order valence-corrected chi connectivity index (χ1v) is 10.8. The Labute approximate surface area is 181 Å². The molecule has 7 nitrogen and oxygen atoms in total. The van der Waals surface area contributed by atoms with Crippen LogP contribution in [0.4, 0.5) is 0 Å². The average molecular weight is 422 g/mol. The van der Waals surface area contributed by atoms with E-state index in [0.29, 0.717) is 45.4 Å². The minimum absolute atomic E-state index is 0.0466. The Hall–Kier alpha value is -3.22. The molecule has 1 N–H and O–H groups in total. The Bertz CT molecular complexity index is 1010. The fourth-order valence-corrected chi connectivity index (χ4v) is 4.67. The van der Waals surface area contributed by atoms with Gasteiger partial charge in [0.1, 0.15) is 12.4 Å². The van der Waals surface area contributed by atoms with Crippen LogP contribution in [0.5, 0.6) is 17.2 Å². The molecule has 0 aliphatic carbocycles. The Morgan fingerprint density at radius 2 is 1.94 bits per heavy atom. The van der Waals surface area contributed by atoms with Crippen molar-refractivity contribution >= 4 is 11.8 Å². The lowest BCUT2D eigenvalue weighted by Crippen LogP contribution is -2.45. The topological polar surface area (TPSA) is 77.1 Å². The maximum Gasteiger partial charge on any atom is 0.231 e. The summed E-state index contributed by atoms with van der Waals surface area (Å²) >= 11 is 0. The molecule has 3 heterocycles. The fraction of sp³-hybridized carbons (Fsp3) is 0.417. The Kier molecular flexibility index (Phi) is 5.18. The second-order valence-corrected chi connectivity index (χ2v) is 8.46. The summed E-state index contributed by atoms with van der Waals surface area (Å²) in [6.45, 7) is 1.84. The molecule has 0 aromatic heterocycles. The summed E-state index contributed by atoms with van der Waals surface area (Å²) in [5.74, 6) is 2.46. The predicted molar refractivity (Wildman–Crippen MR) is 113 cm³/mol. The number of amides is 2. The lowest BCUT2D eigenvalue weighted by molar-refractivity contribution is -0.132. The van der Waals surface area contributed by atoms with Crippen LogP contribution in [0.15, 0.2) is 42.5 Å². The first-order valence-electron chi connectivity index (χ1n) is 10.8. The van der Waals surface area contributed by atoms with Crippen LogP contribution in [0.25, 0.3) is 0 Å². The number of nitrogens with one attached hydrogen (secondary N) is 1. The van der Waals surface area contributed by atoms with Gasteiger partial charge in [0.05, 0.1) is 6.54 Å². The van der Waals surface area contributed by atoms with Gasteiger partial charge < -0.3 is 24.4 Å². The molecule has 2 aromatic rings. The van der Waals surface area contributed by atoms with E-state index in [0.717, 1.165) is 34.8 Å². The van der Waals surface area contributed by atoms with Crippen molar-refractivity contribution < 1.29 is 23.8 Å². The van der Waals surface area contributed by atoms with Crippen molar-refractivity contribution in [2.75, 3.05) is 19.9 Å². The standard InChI is InChI=1S/C24H26N2O5/c27-22-7-9-24(25-22,14-17-5-6-20-21(13-17)31-16-30-20)10-8-23(28)26-11-12-29-19-4-2-1-3-18(19)15-26/h1-6,13H,7-12,14-16H2,(H,25,27). The van der Waals surface area contributed by atoms with Crippen molar-refractivity contribution in [3.05, 3.63) is 53.6 Å². The van der Waals surface area contributed by atoms with E-state index in [1.807, 2.05) is 47.4 Å². The molecule has 31 heavy (non-hydrogen) atoms. The van der Waals surface area contributed by atoms with Gasteiger partial charge in [-0.1, -0.05) is 24.3 Å². The molecule has 3 aliphatic rings. The van der Waals surface area contributed by atoms with Crippen LogP contribution in [0, 0.1) is 0 Å². The quantitative estimate of drug-likeness (QED) is 0.802. The van der Waals surface area contributed by atoms with Crippen molar-refractivity contribution in [2.24, 2.45) is 0 Å². The van der Waals surface area contributed by atoms with Crippen molar-refractivity contribution in [2.45, 2.75) is 44.2 Å². The van der Waals surface area contributed by atoms with Crippen LogP contribution < -0.4 is 19.5 Å². The maximum atomic E-state index is 13.1. The van der Waals surface area contributed by atoms with Crippen molar-refractivity contribution in [3.8, 4) is 17.2 Å². The molecule has 1 atom stereocenters. The van der Waals surface area contributed by atoms with Gasteiger partial charge in [-0.25, -0.2) is 0 Å². The molecule has 1 unspecified atom stereocenters. The van der Waals surface area contributed by atoms with E-state index in [1.54, 1.807) is 0 Å². The summed E-state index contributed by atoms with van der Waals surface area (Å²) in [5.41, 5.74) is 1.68. The summed E-state index contributed by atoms with van der Waals surface area (Å²) in [6.07, 6.45) is 2.86. The van der Waals surface area contributed by atoms with Crippen LogP contribution in [0.2, 0.25) is 0 Å². The van der Waals surface area contributed by atoms with E-state index >= 15 is 0 Å². The van der Waals surface area contributed by atoms with Gasteiger partial charge in [0.15, 0.2) is 11.5 Å². The summed E-state index contributed by atoms with van der Waals surface area (Å²) < 4.78 is 16.7. The molecule has 2 amide bonds. The van der Waals surface area contributed by atoms with Crippen molar-refractivity contribution in [3.63, 3.8) is 0 Å². The van der Waals surface area contributed by atoms with Gasteiger partial charge in [-0.2, -0.15) is 0 Å². The number of carbonyl (C=O) groups is 2. The summed E-state index contributed by atoms with van der Waals surface area (Å²) in [7, 11) is 0. The number of rotatable bonds is 5. The maximum absolute atomic E-state index is 13.1. The Morgan fingerprint density at radius 1 is 1.06 bits per heavy atom. The lowest BCUT2D eigenvalue weighted by Gasteiger charge is -2.30. The smallest absolute Gasteiger partial charge is 0.231 e. The molecule has 0 spiro atoms. The molecule has 1 saturated heterocycles. The van der Waals surface area contributed by atoms with Crippen LogP contribution in [-0.2, 0) is 22.6 Å². The third kappa shape index (κ3) is 4.17. The zero-order valence-corrected chi connectivity index (χ0v) is 17.4. The number of ether oxygens (including phenoxy) is 3. The van der Waals surface area contributed by atoms with Gasteiger partial charge in [-0.3, -0.25) is 9.59 Å². The third-order valence-electron chi connectivity index (χ3n) is 6.34. The average Bonchev–Trinajstić information content (AvgIpc) is 3.31. The number of carbonyl (C=O) groups excluding carboxylic acids is 2. The Morgan fingerprint density at radius 3 is 2.81 bits per heavy atom. The van der Waals surface area contributed by atoms with E-state index in [9.17, 15) is 9.59 Å². The molecule has 7 heteroatoms. The minimum Gasteiger partial charge on any atom is -0.491 e. The zero-order chi connectivity index (χ0) is 21.3. The number of hydrogen-bond acceptors (Lipinski definition) is 5. The van der Waals surface area contributed by atoms with Crippen LogP contribution >= 0.6 is 0 Å². The monoisotopic (exact) mass is 422 g/mol. The van der Waals surface area contributed by atoms with Gasteiger partial charge in [-0.05, 0) is 43.0 Å². The SMILES string of the molecule is O=C1CCC(CCC(=O)N2CCOc3ccccc3C2)(Cc2ccc3c(c2)OCO3)N1. The van der Waals surface area contributed by atoms with Crippen molar-refractivity contribution in [1.82, 2.24) is 10.2 Å². The molecule has 2 aromatic carbocycles. The second-order valence-electron chi connectivity index (χ2n) is 8.46. The highest BCUT2D eigenvalue weighted by molar-refractivity contribution is 5.80. The number of para-hydroxylation sites is 1. The van der Waals surface area contributed by atoms with Gasteiger partial charge >= 0.3 is 0 Å². The first-order chi connectivity index (χ1) is 15.1. The molecule has 162 valence electrons. The fourth-order valence-electron chi connectivity index (χ4n) is 4.67. The van der Waals surface area contributed by atoms with Gasteiger partial charge in [0, 0.05) is 30.5 Å². The molecule has 1 fully saturated rings. The van der Waals surface area contributed by atoms with Crippen LogP contribution in [0.3, 0.4) is 0 Å².